The van der Waals surface area contributed by atoms with Gasteiger partial charge >= 0.3 is 12.1 Å². The van der Waals surface area contributed by atoms with E-state index in [-0.39, 0.29) is 12.5 Å². The Morgan fingerprint density at radius 1 is 1.30 bits per heavy atom. The number of rotatable bonds is 6. The standard InChI is InChI=1S/C14H18ClNO4/c1-9(2)7-12(13(17)18)16-14(19)20-8-10-3-5-11(15)6-4-10/h3-6,9,12H,7-8H2,1-2H3,(H,16,19)(H,17,18)/t12-/m0/s1. The van der Waals surface area contributed by atoms with E-state index in [4.69, 9.17) is 21.4 Å². The van der Waals surface area contributed by atoms with Gasteiger partial charge in [-0.1, -0.05) is 37.6 Å². The number of amides is 1. The molecule has 0 aliphatic carbocycles. The Morgan fingerprint density at radius 3 is 2.40 bits per heavy atom. The molecular weight excluding hydrogens is 282 g/mol. The Labute approximate surface area is 122 Å². The van der Waals surface area contributed by atoms with Gasteiger partial charge in [0.25, 0.3) is 0 Å². The molecule has 0 aliphatic heterocycles. The molecule has 2 N–H and O–H groups in total. The lowest BCUT2D eigenvalue weighted by molar-refractivity contribution is -0.139. The van der Waals surface area contributed by atoms with E-state index < -0.39 is 18.1 Å². The molecule has 0 saturated heterocycles. The first-order valence-electron chi connectivity index (χ1n) is 6.29. The second-order valence-corrected chi connectivity index (χ2v) is 5.30. The molecule has 0 saturated carbocycles. The first-order chi connectivity index (χ1) is 9.38. The van der Waals surface area contributed by atoms with E-state index >= 15 is 0 Å². The molecule has 1 aromatic carbocycles. The van der Waals surface area contributed by atoms with Gasteiger partial charge in [-0.2, -0.15) is 0 Å². The maximum absolute atomic E-state index is 11.6. The van der Waals surface area contributed by atoms with E-state index in [0.717, 1.165) is 5.56 Å². The van der Waals surface area contributed by atoms with Crippen molar-refractivity contribution in [2.75, 3.05) is 0 Å². The minimum atomic E-state index is -1.07. The number of carboxylic acid groups (broad SMARTS) is 1. The van der Waals surface area contributed by atoms with Gasteiger partial charge in [0.05, 0.1) is 0 Å². The van der Waals surface area contributed by atoms with Crippen LogP contribution in [0.3, 0.4) is 0 Å². The topological polar surface area (TPSA) is 75.6 Å². The normalized spacial score (nSPS) is 12.0. The number of hydrogen-bond acceptors (Lipinski definition) is 3. The molecule has 0 aromatic heterocycles. The van der Waals surface area contributed by atoms with E-state index in [2.05, 4.69) is 5.32 Å². The van der Waals surface area contributed by atoms with Gasteiger partial charge in [-0.3, -0.25) is 0 Å². The van der Waals surface area contributed by atoms with Gasteiger partial charge in [0, 0.05) is 5.02 Å². The smallest absolute Gasteiger partial charge is 0.408 e. The Balaban J connectivity index is 2.45. The third-order valence-electron chi connectivity index (χ3n) is 2.58. The number of carbonyl (C=O) groups excluding carboxylic acids is 1. The Hall–Kier alpha value is -1.75. The number of alkyl carbamates (subject to hydrolysis) is 1. The summed E-state index contributed by atoms with van der Waals surface area (Å²) in [5.74, 6) is -0.908. The molecule has 0 spiro atoms. The number of hydrogen-bond donors (Lipinski definition) is 2. The van der Waals surface area contributed by atoms with Gasteiger partial charge in [0.2, 0.25) is 0 Å². The van der Waals surface area contributed by atoms with Crippen LogP contribution in [0.1, 0.15) is 25.8 Å². The molecule has 5 nitrogen and oxygen atoms in total. The van der Waals surface area contributed by atoms with Crippen LogP contribution in [0.5, 0.6) is 0 Å². The van der Waals surface area contributed by atoms with Crippen LogP contribution >= 0.6 is 11.6 Å². The van der Waals surface area contributed by atoms with Crippen LogP contribution in [0.15, 0.2) is 24.3 Å². The first kappa shape index (κ1) is 16.3. The lowest BCUT2D eigenvalue weighted by atomic mass is 10.0. The van der Waals surface area contributed by atoms with Gasteiger partial charge in [-0.15, -0.1) is 0 Å². The van der Waals surface area contributed by atoms with Crippen LogP contribution in [0.2, 0.25) is 5.02 Å². The lowest BCUT2D eigenvalue weighted by Crippen LogP contribution is -2.41. The molecule has 1 aromatic rings. The highest BCUT2D eigenvalue weighted by Gasteiger charge is 2.21. The summed E-state index contributed by atoms with van der Waals surface area (Å²) in [4.78, 5) is 22.6. The first-order valence-corrected chi connectivity index (χ1v) is 6.67. The molecule has 6 heteroatoms. The number of ether oxygens (including phenoxy) is 1. The minimum Gasteiger partial charge on any atom is -0.480 e. The number of aliphatic carboxylic acids is 1. The molecule has 0 fully saturated rings. The molecule has 1 amide bonds. The van der Waals surface area contributed by atoms with Crippen molar-refractivity contribution < 1.29 is 19.4 Å². The number of halogens is 1. The molecule has 0 aliphatic rings. The second kappa shape index (κ2) is 7.75. The molecule has 1 atom stereocenters. The van der Waals surface area contributed by atoms with Crippen molar-refractivity contribution in [2.24, 2.45) is 5.92 Å². The summed E-state index contributed by atoms with van der Waals surface area (Å²) in [7, 11) is 0. The molecule has 1 rings (SSSR count). The SMILES string of the molecule is CC(C)C[C@H](NC(=O)OCc1ccc(Cl)cc1)C(=O)O. The third kappa shape index (κ3) is 5.93. The molecule has 110 valence electrons. The van der Waals surface area contributed by atoms with E-state index in [9.17, 15) is 9.59 Å². The summed E-state index contributed by atoms with van der Waals surface area (Å²) >= 11 is 5.74. The zero-order valence-electron chi connectivity index (χ0n) is 11.4. The second-order valence-electron chi connectivity index (χ2n) is 4.87. The summed E-state index contributed by atoms with van der Waals surface area (Å²) in [6.07, 6.45) is -0.390. The van der Waals surface area contributed by atoms with Crippen molar-refractivity contribution >= 4 is 23.7 Å². The maximum Gasteiger partial charge on any atom is 0.408 e. The Kier molecular flexibility index (Phi) is 6.31. The predicted molar refractivity (Wildman–Crippen MR) is 75.7 cm³/mol. The number of nitrogens with one attached hydrogen (secondary N) is 1. The number of carbonyl (C=O) groups is 2. The van der Waals surface area contributed by atoms with Crippen molar-refractivity contribution in [3.63, 3.8) is 0 Å². The average molecular weight is 300 g/mol. The van der Waals surface area contributed by atoms with Crippen LogP contribution < -0.4 is 5.32 Å². The largest absolute Gasteiger partial charge is 0.480 e. The van der Waals surface area contributed by atoms with E-state index in [0.29, 0.717) is 11.4 Å². The quantitative estimate of drug-likeness (QED) is 0.846. The number of benzene rings is 1. The summed E-state index contributed by atoms with van der Waals surface area (Å²) in [6, 6.07) is 5.91. The summed E-state index contributed by atoms with van der Waals surface area (Å²) in [5, 5.41) is 11.9. The van der Waals surface area contributed by atoms with Gasteiger partial charge in [-0.25, -0.2) is 9.59 Å². The van der Waals surface area contributed by atoms with Crippen molar-refractivity contribution in [1.29, 1.82) is 0 Å². The monoisotopic (exact) mass is 299 g/mol. The minimum absolute atomic E-state index is 0.0665. The van der Waals surface area contributed by atoms with Crippen molar-refractivity contribution in [2.45, 2.75) is 32.9 Å². The van der Waals surface area contributed by atoms with Gasteiger partial charge < -0.3 is 15.2 Å². The summed E-state index contributed by atoms with van der Waals surface area (Å²) in [6.45, 7) is 3.84. The maximum atomic E-state index is 11.6. The lowest BCUT2D eigenvalue weighted by Gasteiger charge is -2.16. The zero-order valence-corrected chi connectivity index (χ0v) is 12.2. The average Bonchev–Trinajstić information content (AvgIpc) is 2.36. The van der Waals surface area contributed by atoms with Crippen LogP contribution in [0, 0.1) is 5.92 Å². The summed E-state index contributed by atoms with van der Waals surface area (Å²) < 4.78 is 4.97. The van der Waals surface area contributed by atoms with E-state index in [1.54, 1.807) is 24.3 Å². The zero-order chi connectivity index (χ0) is 15.1. The van der Waals surface area contributed by atoms with Crippen molar-refractivity contribution in [1.82, 2.24) is 5.32 Å². The molecular formula is C14H18ClNO4. The van der Waals surface area contributed by atoms with Crippen LogP contribution in [-0.2, 0) is 16.1 Å². The highest BCUT2D eigenvalue weighted by molar-refractivity contribution is 6.30. The van der Waals surface area contributed by atoms with Gasteiger partial charge in [-0.05, 0) is 30.0 Å². The molecule has 0 unspecified atom stereocenters. The third-order valence-corrected chi connectivity index (χ3v) is 2.83. The molecule has 0 heterocycles. The van der Waals surface area contributed by atoms with Gasteiger partial charge in [0.15, 0.2) is 0 Å². The Morgan fingerprint density at radius 2 is 1.90 bits per heavy atom. The fraction of sp³-hybridized carbons (Fsp3) is 0.429. The molecule has 0 bridgehead atoms. The number of carboxylic acids is 1. The fourth-order valence-corrected chi connectivity index (χ4v) is 1.73. The Bertz CT molecular complexity index is 459. The van der Waals surface area contributed by atoms with Gasteiger partial charge in [0.1, 0.15) is 12.6 Å². The predicted octanol–water partition coefficient (Wildman–Crippen LogP) is 3.07. The van der Waals surface area contributed by atoms with Crippen LogP contribution in [0.4, 0.5) is 4.79 Å². The fourth-order valence-electron chi connectivity index (χ4n) is 1.61. The highest BCUT2D eigenvalue weighted by atomic mass is 35.5. The molecule has 0 radical (unpaired) electrons. The van der Waals surface area contributed by atoms with Crippen LogP contribution in [0.25, 0.3) is 0 Å². The molecule has 20 heavy (non-hydrogen) atoms. The van der Waals surface area contributed by atoms with Crippen molar-refractivity contribution in [3.05, 3.63) is 34.9 Å². The summed E-state index contributed by atoms with van der Waals surface area (Å²) in [5.41, 5.74) is 0.778. The highest BCUT2D eigenvalue weighted by Crippen LogP contribution is 2.10. The van der Waals surface area contributed by atoms with Crippen LogP contribution in [-0.4, -0.2) is 23.2 Å². The van der Waals surface area contributed by atoms with E-state index in [1.165, 1.54) is 0 Å². The van der Waals surface area contributed by atoms with E-state index in [1.807, 2.05) is 13.8 Å². The van der Waals surface area contributed by atoms with Crippen molar-refractivity contribution in [3.8, 4) is 0 Å².